The van der Waals surface area contributed by atoms with Crippen molar-refractivity contribution in [2.24, 2.45) is 0 Å². The summed E-state index contributed by atoms with van der Waals surface area (Å²) < 4.78 is 38.7. The summed E-state index contributed by atoms with van der Waals surface area (Å²) in [5.41, 5.74) is 6.43. The van der Waals surface area contributed by atoms with Crippen molar-refractivity contribution in [1.82, 2.24) is 29.4 Å². The Morgan fingerprint density at radius 3 is 2.88 bits per heavy atom. The second kappa shape index (κ2) is 4.53. The number of rotatable bonds is 2. The van der Waals surface area contributed by atoms with Gasteiger partial charge in [0.2, 0.25) is 5.95 Å². The van der Waals surface area contributed by atoms with Crippen LogP contribution in [0.15, 0.2) is 30.6 Å². The quantitative estimate of drug-likeness (QED) is 0.586. The number of alkyl halides is 2. The van der Waals surface area contributed by atoms with E-state index in [0.29, 0.717) is 23.4 Å². The Balaban J connectivity index is 1.72. The highest BCUT2D eigenvalue weighted by molar-refractivity contribution is 5.97. The SMILES string of the molecule is Nc1nc2c3c(ccc2c2nc(Cn4cccn4)nn12)OC(F)(F)O3. The molecule has 0 atom stereocenters. The molecule has 4 aromatic rings. The highest BCUT2D eigenvalue weighted by atomic mass is 19.3. The lowest BCUT2D eigenvalue weighted by Crippen LogP contribution is -2.26. The van der Waals surface area contributed by atoms with Gasteiger partial charge in [0, 0.05) is 17.8 Å². The Kier molecular flexibility index (Phi) is 2.52. The first-order chi connectivity index (χ1) is 12.0. The topological polar surface area (TPSA) is 105 Å². The molecule has 1 aromatic carbocycles. The van der Waals surface area contributed by atoms with Crippen LogP contribution in [0.1, 0.15) is 5.82 Å². The molecule has 4 heterocycles. The summed E-state index contributed by atoms with van der Waals surface area (Å²) >= 11 is 0. The van der Waals surface area contributed by atoms with Crippen molar-refractivity contribution in [2.45, 2.75) is 12.8 Å². The third kappa shape index (κ3) is 2.05. The van der Waals surface area contributed by atoms with Crippen LogP contribution in [-0.4, -0.2) is 35.7 Å². The lowest BCUT2D eigenvalue weighted by molar-refractivity contribution is -0.286. The standard InChI is InChI=1S/C14H9F2N7O2/c15-14(16)24-8-3-2-7-10(11(8)25-14)20-13(17)23-12(7)19-9(21-23)6-22-5-1-4-18-22/h1-5H,6H2,(H2,17,20). The van der Waals surface area contributed by atoms with E-state index in [4.69, 9.17) is 5.73 Å². The molecule has 0 aliphatic carbocycles. The number of aromatic nitrogens is 6. The van der Waals surface area contributed by atoms with E-state index in [0.717, 1.165) is 0 Å². The van der Waals surface area contributed by atoms with Crippen molar-refractivity contribution in [1.29, 1.82) is 0 Å². The zero-order chi connectivity index (χ0) is 17.2. The Bertz CT molecular complexity index is 1120. The van der Waals surface area contributed by atoms with Crippen LogP contribution >= 0.6 is 0 Å². The summed E-state index contributed by atoms with van der Waals surface area (Å²) in [4.78, 5) is 8.55. The van der Waals surface area contributed by atoms with Gasteiger partial charge in [-0.3, -0.25) is 4.68 Å². The molecule has 126 valence electrons. The number of nitrogen functional groups attached to an aromatic ring is 1. The van der Waals surface area contributed by atoms with Crippen molar-refractivity contribution in [3.05, 3.63) is 36.4 Å². The number of nitrogens with zero attached hydrogens (tertiary/aromatic N) is 6. The van der Waals surface area contributed by atoms with E-state index in [1.165, 1.54) is 10.6 Å². The van der Waals surface area contributed by atoms with Crippen molar-refractivity contribution in [2.75, 3.05) is 5.73 Å². The molecule has 2 N–H and O–H groups in total. The minimum absolute atomic E-state index is 0.00562. The predicted molar refractivity (Wildman–Crippen MR) is 80.2 cm³/mol. The van der Waals surface area contributed by atoms with Crippen LogP contribution in [0.25, 0.3) is 16.6 Å². The number of hydrogen-bond donors (Lipinski definition) is 1. The average Bonchev–Trinajstić information content (AvgIpc) is 3.25. The van der Waals surface area contributed by atoms with Gasteiger partial charge in [-0.1, -0.05) is 0 Å². The number of nitrogens with two attached hydrogens (primary N) is 1. The van der Waals surface area contributed by atoms with Gasteiger partial charge < -0.3 is 15.2 Å². The molecule has 0 fully saturated rings. The number of hydrogen-bond acceptors (Lipinski definition) is 7. The van der Waals surface area contributed by atoms with E-state index in [1.54, 1.807) is 29.2 Å². The maximum Gasteiger partial charge on any atom is 0.586 e. The van der Waals surface area contributed by atoms with E-state index in [2.05, 4.69) is 29.6 Å². The summed E-state index contributed by atoms with van der Waals surface area (Å²) in [6, 6.07) is 4.72. The van der Waals surface area contributed by atoms with Gasteiger partial charge in [0.1, 0.15) is 12.1 Å². The normalized spacial score (nSPS) is 15.3. The zero-order valence-corrected chi connectivity index (χ0v) is 12.4. The first kappa shape index (κ1) is 13.9. The summed E-state index contributed by atoms with van der Waals surface area (Å²) in [5.74, 6) is 0.167. The molecule has 0 amide bonds. The first-order valence-electron chi connectivity index (χ1n) is 7.21. The Labute approximate surface area is 137 Å². The molecule has 3 aromatic heterocycles. The molecular weight excluding hydrogens is 336 g/mol. The van der Waals surface area contributed by atoms with E-state index in [1.807, 2.05) is 0 Å². The van der Waals surface area contributed by atoms with Gasteiger partial charge in [0.25, 0.3) is 0 Å². The first-order valence-corrected chi connectivity index (χ1v) is 7.21. The predicted octanol–water partition coefficient (Wildman–Crippen LogP) is 1.43. The number of halogens is 2. The van der Waals surface area contributed by atoms with Crippen LogP contribution < -0.4 is 15.2 Å². The van der Waals surface area contributed by atoms with Crippen LogP contribution in [0.4, 0.5) is 14.7 Å². The van der Waals surface area contributed by atoms with Crippen LogP contribution in [-0.2, 0) is 6.54 Å². The largest absolute Gasteiger partial charge is 0.586 e. The van der Waals surface area contributed by atoms with Crippen LogP contribution in [0.5, 0.6) is 11.5 Å². The molecule has 0 spiro atoms. The lowest BCUT2D eigenvalue weighted by atomic mass is 10.2. The average molecular weight is 345 g/mol. The molecule has 1 aliphatic heterocycles. The highest BCUT2D eigenvalue weighted by Crippen LogP contribution is 2.45. The molecule has 0 radical (unpaired) electrons. The minimum atomic E-state index is -3.74. The zero-order valence-electron chi connectivity index (χ0n) is 12.4. The number of benzene rings is 1. The maximum atomic E-state index is 13.3. The summed E-state index contributed by atoms with van der Waals surface area (Å²) in [5, 5.41) is 8.85. The van der Waals surface area contributed by atoms with Crippen molar-refractivity contribution in [3.63, 3.8) is 0 Å². The number of anilines is 1. The van der Waals surface area contributed by atoms with Gasteiger partial charge in [-0.05, 0) is 18.2 Å². The van der Waals surface area contributed by atoms with Gasteiger partial charge in [-0.2, -0.15) is 9.61 Å². The molecule has 0 saturated heterocycles. The van der Waals surface area contributed by atoms with Crippen LogP contribution in [0.2, 0.25) is 0 Å². The molecule has 0 saturated carbocycles. The van der Waals surface area contributed by atoms with Crippen LogP contribution in [0, 0.1) is 0 Å². The monoisotopic (exact) mass is 345 g/mol. The molecule has 0 unspecified atom stereocenters. The maximum absolute atomic E-state index is 13.3. The molecule has 25 heavy (non-hydrogen) atoms. The van der Waals surface area contributed by atoms with Gasteiger partial charge in [-0.25, -0.2) is 9.97 Å². The van der Waals surface area contributed by atoms with Gasteiger partial charge >= 0.3 is 6.29 Å². The van der Waals surface area contributed by atoms with E-state index in [9.17, 15) is 8.78 Å². The summed E-state index contributed by atoms with van der Waals surface area (Å²) in [6.07, 6.45) is -0.328. The molecule has 5 rings (SSSR count). The van der Waals surface area contributed by atoms with Gasteiger partial charge in [-0.15, -0.1) is 13.9 Å². The van der Waals surface area contributed by atoms with E-state index < -0.39 is 6.29 Å². The Morgan fingerprint density at radius 2 is 2.08 bits per heavy atom. The number of fused-ring (bicyclic) bond motifs is 5. The van der Waals surface area contributed by atoms with E-state index in [-0.39, 0.29) is 23.0 Å². The molecule has 0 bridgehead atoms. The van der Waals surface area contributed by atoms with Gasteiger partial charge in [0.05, 0.1) is 0 Å². The van der Waals surface area contributed by atoms with Crippen molar-refractivity contribution in [3.8, 4) is 11.5 Å². The Morgan fingerprint density at radius 1 is 1.20 bits per heavy atom. The smallest absolute Gasteiger partial charge is 0.395 e. The Hall–Kier alpha value is -3.50. The third-order valence-electron chi connectivity index (χ3n) is 3.74. The fraction of sp³-hybridized carbons (Fsp3) is 0.143. The lowest BCUT2D eigenvalue weighted by Gasteiger charge is -2.05. The second-order valence-electron chi connectivity index (χ2n) is 5.39. The molecule has 11 heteroatoms. The molecule has 1 aliphatic rings. The van der Waals surface area contributed by atoms with Crippen LogP contribution in [0.3, 0.4) is 0 Å². The van der Waals surface area contributed by atoms with Crippen molar-refractivity contribution < 1.29 is 18.3 Å². The minimum Gasteiger partial charge on any atom is -0.395 e. The second-order valence-corrected chi connectivity index (χ2v) is 5.39. The summed E-state index contributed by atoms with van der Waals surface area (Å²) in [6.45, 7) is 0.332. The van der Waals surface area contributed by atoms with Crippen molar-refractivity contribution >= 4 is 22.5 Å². The summed E-state index contributed by atoms with van der Waals surface area (Å²) in [7, 11) is 0. The molecular formula is C14H9F2N7O2. The number of ether oxygens (including phenoxy) is 2. The molecule has 9 nitrogen and oxygen atoms in total. The fourth-order valence-electron chi connectivity index (χ4n) is 2.75. The van der Waals surface area contributed by atoms with Gasteiger partial charge in [0.15, 0.2) is 23.0 Å². The van der Waals surface area contributed by atoms with E-state index >= 15 is 0 Å². The fourth-order valence-corrected chi connectivity index (χ4v) is 2.75. The third-order valence-corrected chi connectivity index (χ3v) is 3.74. The highest BCUT2D eigenvalue weighted by Gasteiger charge is 2.44.